The number of rotatable bonds is 0. The molecule has 3 heteroatoms. The van der Waals surface area contributed by atoms with Gasteiger partial charge in [0.05, 0.1) is 0 Å². The molecule has 0 fully saturated rings. The van der Waals surface area contributed by atoms with E-state index in [2.05, 4.69) is 0 Å². The molecule has 0 heterocycles. The molecule has 0 aromatic rings. The van der Waals surface area contributed by atoms with Gasteiger partial charge in [0.2, 0.25) is 0 Å². The smallest absolute Gasteiger partial charge is 0 e. The monoisotopic (exact) mass is 78.0 g/mol. The summed E-state index contributed by atoms with van der Waals surface area (Å²) in [7, 11) is 0. The van der Waals surface area contributed by atoms with Crippen LogP contribution in [0.1, 0.15) is 0 Å². The SMILES string of the molecule is Cl.[C].[N].[O]. The largest absolute Gasteiger partial charge is 0.147 e. The Labute approximate surface area is 32.5 Å². The molecule has 0 aromatic heterocycles. The topological polar surface area (TPSA) is 59.0 Å². The first-order valence-corrected chi connectivity index (χ1v) is 0. The lowest BCUT2D eigenvalue weighted by Gasteiger charge is -0.147. The van der Waals surface area contributed by atoms with E-state index in [-0.39, 0.29) is 31.5 Å². The fourth-order valence-corrected chi connectivity index (χ4v) is 0. The summed E-state index contributed by atoms with van der Waals surface area (Å²) in [4.78, 5) is 0. The van der Waals surface area contributed by atoms with Gasteiger partial charge in [-0.05, 0) is 0 Å². The van der Waals surface area contributed by atoms with Gasteiger partial charge in [-0.1, -0.05) is 0 Å². The van der Waals surface area contributed by atoms with Crippen molar-refractivity contribution in [1.29, 1.82) is 0 Å². The molecule has 0 atom stereocenters. The molecule has 0 unspecified atom stereocenters. The van der Waals surface area contributed by atoms with E-state index in [0.717, 1.165) is 0 Å². The van der Waals surface area contributed by atoms with Crippen molar-refractivity contribution in [1.82, 2.24) is 6.15 Å². The second kappa shape index (κ2) is 356. The minimum Gasteiger partial charge on any atom is -0.147 e. The van der Waals surface area contributed by atoms with E-state index in [1.165, 1.54) is 0 Å². The Morgan fingerprint density at radius 3 is 1.00 bits per heavy atom. The minimum absolute atomic E-state index is 0. The van der Waals surface area contributed by atoms with Crippen molar-refractivity contribution < 1.29 is 5.48 Å². The van der Waals surface area contributed by atoms with E-state index >= 15 is 0 Å². The Balaban J connectivity index is 0. The van der Waals surface area contributed by atoms with Crippen LogP contribution in [0.5, 0.6) is 0 Å². The Bertz CT molecular complexity index is 8.00. The van der Waals surface area contributed by atoms with E-state index in [1.807, 2.05) is 0 Å². The molecule has 0 amide bonds. The van der Waals surface area contributed by atoms with Gasteiger partial charge in [0, 0.05) is 19.1 Å². The summed E-state index contributed by atoms with van der Waals surface area (Å²) in [6, 6.07) is 0. The zero-order chi connectivity index (χ0) is 0. The maximum Gasteiger partial charge on any atom is 0 e. The van der Waals surface area contributed by atoms with E-state index in [0.29, 0.717) is 0 Å². The van der Waals surface area contributed by atoms with Gasteiger partial charge in [-0.3, -0.25) is 0 Å². The van der Waals surface area contributed by atoms with Crippen molar-refractivity contribution in [2.75, 3.05) is 0 Å². The molecule has 0 aliphatic heterocycles. The summed E-state index contributed by atoms with van der Waals surface area (Å²) in [5.41, 5.74) is 0. The molecule has 2 nitrogen and oxygen atoms in total. The van der Waals surface area contributed by atoms with E-state index in [4.69, 9.17) is 0 Å². The summed E-state index contributed by atoms with van der Waals surface area (Å²) in [6.45, 7) is 0. The van der Waals surface area contributed by atoms with Gasteiger partial charge >= 0.3 is 0 Å². The summed E-state index contributed by atoms with van der Waals surface area (Å²) < 4.78 is 0. The molecule has 0 saturated carbocycles. The lowest BCUT2D eigenvalue weighted by Crippen LogP contribution is -0.481. The van der Waals surface area contributed by atoms with Crippen molar-refractivity contribution in [3.63, 3.8) is 0 Å². The summed E-state index contributed by atoms with van der Waals surface area (Å²) in [5.74, 6) is 0. The molecule has 4 heavy (non-hydrogen) atoms. The molecule has 23 valence electrons. The van der Waals surface area contributed by atoms with E-state index in [9.17, 15) is 0 Å². The Morgan fingerprint density at radius 2 is 1.00 bits per heavy atom. The van der Waals surface area contributed by atoms with Gasteiger partial charge in [-0.15, -0.1) is 12.4 Å². The molecular formula is CHClNO. The van der Waals surface area contributed by atoms with Gasteiger partial charge in [-0.2, -0.15) is 0 Å². The normalized spacial score (nSPS) is 0. The Hall–Kier alpha value is 0.210. The summed E-state index contributed by atoms with van der Waals surface area (Å²) in [5, 5.41) is 0. The molecule has 0 bridgehead atoms. The molecule has 0 rings (SSSR count). The standard InChI is InChI=1S/C.ClH.N.O/h;1H;;. The summed E-state index contributed by atoms with van der Waals surface area (Å²) >= 11 is 0. The predicted molar refractivity (Wildman–Crippen MR) is 13.3 cm³/mol. The number of halogens is 1. The highest BCUT2D eigenvalue weighted by molar-refractivity contribution is 5.85. The third kappa shape index (κ3) is 73.4. The van der Waals surface area contributed by atoms with Crippen LogP contribution in [0, 0.1) is 7.43 Å². The molecule has 0 aromatic carbocycles. The van der Waals surface area contributed by atoms with Crippen LogP contribution in [0.4, 0.5) is 0 Å². The average molecular weight is 78.5 g/mol. The van der Waals surface area contributed by atoms with Gasteiger partial charge in [0.15, 0.2) is 0 Å². The first-order chi connectivity index (χ1) is 0. The van der Waals surface area contributed by atoms with Crippen molar-refractivity contribution in [3.8, 4) is 0 Å². The molecule has 0 N–H and O–H groups in total. The second-order valence-electron chi connectivity index (χ2n) is 0. The van der Waals surface area contributed by atoms with Crippen LogP contribution in [0.2, 0.25) is 0 Å². The number of hydrogen-bond donors (Lipinski definition) is 0. The Kier molecular flexibility index (Phi) is 87400. The van der Waals surface area contributed by atoms with Crippen LogP contribution in [-0.4, -0.2) is 0 Å². The van der Waals surface area contributed by atoms with Gasteiger partial charge in [0.1, 0.15) is 0 Å². The lowest BCUT2D eigenvalue weighted by atomic mass is 12.0. The fourth-order valence-electron chi connectivity index (χ4n) is 0. The van der Waals surface area contributed by atoms with Crippen molar-refractivity contribution in [3.05, 3.63) is 7.43 Å². The predicted octanol–water partition coefficient (Wildman–Crippen LogP) is -0.0963. The van der Waals surface area contributed by atoms with Gasteiger partial charge in [0.25, 0.3) is 0 Å². The fraction of sp³-hybridized carbons (Fsp3) is 0. The van der Waals surface area contributed by atoms with Crippen LogP contribution in [-0.2, 0) is 5.48 Å². The lowest BCUT2D eigenvalue weighted by molar-refractivity contribution is 0.686. The molecule has 9 radical (unpaired) electrons. The van der Waals surface area contributed by atoms with E-state index < -0.39 is 0 Å². The van der Waals surface area contributed by atoms with Crippen LogP contribution in [0.25, 0.3) is 0 Å². The first-order valence-electron chi connectivity index (χ1n) is 0. The maximum absolute atomic E-state index is 0. The number of nitrogens with zero attached hydrogens (tertiary/aromatic N) is 1. The van der Waals surface area contributed by atoms with Crippen molar-refractivity contribution in [2.45, 2.75) is 0 Å². The van der Waals surface area contributed by atoms with Crippen LogP contribution in [0.3, 0.4) is 0 Å². The van der Waals surface area contributed by atoms with Crippen molar-refractivity contribution >= 4 is 12.4 Å². The quantitative estimate of drug-likeness (QED) is 0.389. The summed E-state index contributed by atoms with van der Waals surface area (Å²) in [6.07, 6.45) is 0. The van der Waals surface area contributed by atoms with Crippen LogP contribution in [0.15, 0.2) is 0 Å². The van der Waals surface area contributed by atoms with Crippen LogP contribution < -0.4 is 6.15 Å². The van der Waals surface area contributed by atoms with Gasteiger partial charge < -0.3 is 0 Å². The zero-order valence-corrected chi connectivity index (χ0v) is 2.58. The van der Waals surface area contributed by atoms with Crippen molar-refractivity contribution in [2.24, 2.45) is 0 Å². The number of hydrogen-bond acceptors (Lipinski definition) is 0. The molecular weight excluding hydrogens is 77.5 g/mol. The third-order valence-electron chi connectivity index (χ3n) is 0. The van der Waals surface area contributed by atoms with Gasteiger partial charge in [-0.25, -0.2) is 0 Å². The second-order valence-corrected chi connectivity index (χ2v) is 0. The highest BCUT2D eigenvalue weighted by Gasteiger charge is 0.00202. The molecule has 0 spiro atoms. The van der Waals surface area contributed by atoms with E-state index in [1.54, 1.807) is 0 Å². The zero-order valence-electron chi connectivity index (χ0n) is 1.76. The molecule has 0 aliphatic rings. The molecule has 0 aliphatic carbocycles. The first kappa shape index (κ1) is 984. The highest BCUT2D eigenvalue weighted by atomic mass is 35.5. The third-order valence-corrected chi connectivity index (χ3v) is 0. The minimum atomic E-state index is 0. The maximum atomic E-state index is 0. The Morgan fingerprint density at radius 1 is 1.00 bits per heavy atom. The molecule has 0 saturated heterocycles. The average Bonchev–Trinajstić information content (AvgIpc) is 0. The van der Waals surface area contributed by atoms with Crippen LogP contribution >= 0.6 is 12.4 Å². The highest BCUT2D eigenvalue weighted by Crippen LogP contribution is 0.690.